The van der Waals surface area contributed by atoms with Crippen LogP contribution in [0.2, 0.25) is 0 Å². The van der Waals surface area contributed by atoms with Gasteiger partial charge in [-0.1, -0.05) is 19.4 Å². The summed E-state index contributed by atoms with van der Waals surface area (Å²) in [4.78, 5) is 43.5. The fourth-order valence-electron chi connectivity index (χ4n) is 6.73. The molecule has 0 aliphatic carbocycles. The lowest BCUT2D eigenvalue weighted by atomic mass is 9.77. The molecule has 1 fully saturated rings. The van der Waals surface area contributed by atoms with Crippen LogP contribution in [0.1, 0.15) is 76.4 Å². The molecule has 11 nitrogen and oxygen atoms in total. The minimum Gasteiger partial charge on any atom is -0.508 e. The van der Waals surface area contributed by atoms with Gasteiger partial charge in [0.05, 0.1) is 5.56 Å². The second kappa shape index (κ2) is 14.0. The highest BCUT2D eigenvalue weighted by Gasteiger charge is 2.53. The first-order chi connectivity index (χ1) is 22.8. The fraction of sp³-hybridized carbons (Fsp3) is 0.417. The summed E-state index contributed by atoms with van der Waals surface area (Å²) in [5.74, 6) is -0.307. The zero-order chi connectivity index (χ0) is 33.0. The molecule has 3 aromatic rings. The molecular formula is C36H42N4O7. The maximum absolute atomic E-state index is 13.3. The monoisotopic (exact) mass is 642 g/mol. The summed E-state index contributed by atoms with van der Waals surface area (Å²) >= 11 is 0. The maximum Gasteiger partial charge on any atom is 0.340 e. The number of esters is 1. The highest BCUT2D eigenvalue weighted by molar-refractivity contribution is 6.01. The van der Waals surface area contributed by atoms with Crippen LogP contribution < -0.4 is 15.4 Å². The molecule has 0 aromatic heterocycles. The number of carbonyl (C=O) groups is 3. The summed E-state index contributed by atoms with van der Waals surface area (Å²) in [6.07, 6.45) is 3.92. The number of aromatic hydroxyl groups is 2. The van der Waals surface area contributed by atoms with E-state index in [0.29, 0.717) is 53.3 Å². The molecule has 0 atom stereocenters. The normalized spacial score (nSPS) is 16.5. The SMILES string of the molecule is CCCN1CCN(CCNC(=O)CCCCCNC(=O)c2ccc3c(c2)C(=O)OC32c3ccc(O)cc3Oc3cc(O)ccc32)CC1. The van der Waals surface area contributed by atoms with Crippen LogP contribution in [-0.4, -0.2) is 90.2 Å². The maximum atomic E-state index is 13.3. The molecule has 11 heteroatoms. The van der Waals surface area contributed by atoms with Crippen molar-refractivity contribution in [1.82, 2.24) is 20.4 Å². The topological polar surface area (TPSA) is 141 Å². The molecule has 3 heterocycles. The number of hydrogen-bond donors (Lipinski definition) is 4. The van der Waals surface area contributed by atoms with Gasteiger partial charge in [0.1, 0.15) is 23.0 Å². The number of unbranched alkanes of at least 4 members (excludes halogenated alkanes) is 2. The Hall–Kier alpha value is -4.61. The lowest BCUT2D eigenvalue weighted by Gasteiger charge is -2.36. The molecule has 6 rings (SSSR count). The molecule has 47 heavy (non-hydrogen) atoms. The van der Waals surface area contributed by atoms with Gasteiger partial charge in [0.25, 0.3) is 5.91 Å². The van der Waals surface area contributed by atoms with Crippen LogP contribution in [0.25, 0.3) is 0 Å². The van der Waals surface area contributed by atoms with Gasteiger partial charge in [0.15, 0.2) is 5.60 Å². The van der Waals surface area contributed by atoms with Crippen LogP contribution in [-0.2, 0) is 15.1 Å². The third-order valence-corrected chi connectivity index (χ3v) is 9.16. The third-order valence-electron chi connectivity index (χ3n) is 9.16. The number of hydrogen-bond acceptors (Lipinski definition) is 9. The van der Waals surface area contributed by atoms with Crippen molar-refractivity contribution in [1.29, 1.82) is 0 Å². The zero-order valence-electron chi connectivity index (χ0n) is 26.7. The number of rotatable bonds is 12. The largest absolute Gasteiger partial charge is 0.508 e. The van der Waals surface area contributed by atoms with Gasteiger partial charge >= 0.3 is 5.97 Å². The first-order valence-electron chi connectivity index (χ1n) is 16.5. The van der Waals surface area contributed by atoms with E-state index in [2.05, 4.69) is 27.4 Å². The quantitative estimate of drug-likeness (QED) is 0.170. The van der Waals surface area contributed by atoms with Crippen molar-refractivity contribution >= 4 is 17.8 Å². The Kier molecular flexibility index (Phi) is 9.65. The highest BCUT2D eigenvalue weighted by atomic mass is 16.6. The summed E-state index contributed by atoms with van der Waals surface area (Å²) in [7, 11) is 0. The number of nitrogens with one attached hydrogen (secondary N) is 2. The first kappa shape index (κ1) is 32.3. The van der Waals surface area contributed by atoms with Gasteiger partial charge in [-0.15, -0.1) is 0 Å². The Morgan fingerprint density at radius 1 is 0.787 bits per heavy atom. The van der Waals surface area contributed by atoms with E-state index >= 15 is 0 Å². The molecule has 0 saturated carbocycles. The van der Waals surface area contributed by atoms with Crippen LogP contribution in [0.4, 0.5) is 0 Å². The number of carbonyl (C=O) groups excluding carboxylic acids is 3. The van der Waals surface area contributed by atoms with E-state index in [1.807, 2.05) is 0 Å². The Bertz CT molecular complexity index is 1600. The molecular weight excluding hydrogens is 600 g/mol. The van der Waals surface area contributed by atoms with Crippen molar-refractivity contribution in [2.75, 3.05) is 52.4 Å². The van der Waals surface area contributed by atoms with Gasteiger partial charge in [-0.3, -0.25) is 14.5 Å². The minimum atomic E-state index is -1.37. The van der Waals surface area contributed by atoms with Gasteiger partial charge in [-0.25, -0.2) is 4.79 Å². The van der Waals surface area contributed by atoms with E-state index in [1.54, 1.807) is 24.3 Å². The van der Waals surface area contributed by atoms with E-state index in [-0.39, 0.29) is 28.9 Å². The minimum absolute atomic E-state index is 0.0234. The van der Waals surface area contributed by atoms with E-state index in [4.69, 9.17) is 9.47 Å². The van der Waals surface area contributed by atoms with Gasteiger partial charge in [0.2, 0.25) is 5.91 Å². The summed E-state index contributed by atoms with van der Waals surface area (Å²) in [6.45, 7) is 9.64. The number of benzene rings is 3. The van der Waals surface area contributed by atoms with Gasteiger partial charge in [-0.05, 0) is 62.2 Å². The third kappa shape index (κ3) is 6.77. The molecule has 0 bridgehead atoms. The number of phenols is 2. The smallest absolute Gasteiger partial charge is 0.340 e. The van der Waals surface area contributed by atoms with Crippen molar-refractivity contribution in [2.24, 2.45) is 0 Å². The molecule has 248 valence electrons. The number of fused-ring (bicyclic) bond motifs is 6. The second-order valence-corrected chi connectivity index (χ2v) is 12.4. The summed E-state index contributed by atoms with van der Waals surface area (Å²) in [5.41, 5.74) is 0.783. The number of amides is 2. The number of ether oxygens (including phenoxy) is 2. The predicted molar refractivity (Wildman–Crippen MR) is 175 cm³/mol. The predicted octanol–water partition coefficient (Wildman–Crippen LogP) is 4.10. The van der Waals surface area contributed by atoms with E-state index < -0.39 is 11.6 Å². The lowest BCUT2D eigenvalue weighted by Crippen LogP contribution is -2.48. The average Bonchev–Trinajstić information content (AvgIpc) is 3.34. The van der Waals surface area contributed by atoms with Gasteiger partial charge < -0.3 is 35.2 Å². The summed E-state index contributed by atoms with van der Waals surface area (Å²) < 4.78 is 12.1. The van der Waals surface area contributed by atoms with E-state index in [0.717, 1.165) is 58.5 Å². The van der Waals surface area contributed by atoms with E-state index in [1.165, 1.54) is 36.8 Å². The Labute approximate surface area is 274 Å². The van der Waals surface area contributed by atoms with Crippen LogP contribution in [0.3, 0.4) is 0 Å². The number of nitrogens with zero attached hydrogens (tertiary/aromatic N) is 2. The van der Waals surface area contributed by atoms with Crippen molar-refractivity contribution in [3.8, 4) is 23.0 Å². The number of piperazine rings is 1. The number of phenolic OH excluding ortho intramolecular Hbond substituents is 2. The first-order valence-corrected chi connectivity index (χ1v) is 16.5. The molecule has 3 aliphatic rings. The Balaban J connectivity index is 0.994. The molecule has 1 saturated heterocycles. The Morgan fingerprint density at radius 2 is 1.43 bits per heavy atom. The molecule has 0 unspecified atom stereocenters. The summed E-state index contributed by atoms with van der Waals surface area (Å²) in [5, 5.41) is 26.1. The molecule has 4 N–H and O–H groups in total. The van der Waals surface area contributed by atoms with Gasteiger partial charge in [0, 0.05) is 86.6 Å². The molecule has 2 amide bonds. The van der Waals surface area contributed by atoms with Crippen LogP contribution in [0.15, 0.2) is 54.6 Å². The Morgan fingerprint density at radius 3 is 2.09 bits per heavy atom. The standard InChI is InChI=1S/C36H42N4O7/c1-2-15-39-17-19-40(20-18-39)16-14-37-33(43)6-4-3-5-13-38-34(44)24-7-10-28-27(21-24)35(45)47-36(28)29-11-8-25(41)22-31(29)46-32-23-26(42)9-12-30(32)36/h7-12,21-23,41-42H,2-6,13-20H2,1H3,(H,37,43)(H,38,44). The van der Waals surface area contributed by atoms with Crippen LogP contribution in [0, 0.1) is 0 Å². The van der Waals surface area contributed by atoms with Crippen molar-refractivity contribution in [3.63, 3.8) is 0 Å². The average molecular weight is 643 g/mol. The van der Waals surface area contributed by atoms with Gasteiger partial charge in [-0.2, -0.15) is 0 Å². The van der Waals surface area contributed by atoms with Crippen LogP contribution in [0.5, 0.6) is 23.0 Å². The molecule has 3 aliphatic heterocycles. The van der Waals surface area contributed by atoms with Crippen molar-refractivity contribution in [2.45, 2.75) is 44.6 Å². The summed E-state index contributed by atoms with van der Waals surface area (Å²) in [6, 6.07) is 14.0. The molecule has 0 radical (unpaired) electrons. The second-order valence-electron chi connectivity index (χ2n) is 12.4. The lowest BCUT2D eigenvalue weighted by molar-refractivity contribution is -0.121. The zero-order valence-corrected chi connectivity index (χ0v) is 26.7. The van der Waals surface area contributed by atoms with Crippen molar-refractivity contribution in [3.05, 3.63) is 82.4 Å². The highest BCUT2D eigenvalue weighted by Crippen LogP contribution is 2.57. The van der Waals surface area contributed by atoms with Crippen molar-refractivity contribution < 1.29 is 34.1 Å². The van der Waals surface area contributed by atoms with Crippen LogP contribution >= 0.6 is 0 Å². The fourth-order valence-corrected chi connectivity index (χ4v) is 6.73. The molecule has 1 spiro atoms. The molecule has 3 aromatic carbocycles. The van der Waals surface area contributed by atoms with E-state index in [9.17, 15) is 24.6 Å².